The van der Waals surface area contributed by atoms with Crippen molar-refractivity contribution in [3.8, 4) is 5.75 Å². The minimum absolute atomic E-state index is 0.181. The molecular weight excluding hydrogens is 245 g/mol. The molecular formula is C15H14FNO2. The molecule has 0 saturated heterocycles. The van der Waals surface area contributed by atoms with Crippen molar-refractivity contribution in [3.05, 3.63) is 59.4 Å². The molecule has 0 bridgehead atoms. The summed E-state index contributed by atoms with van der Waals surface area (Å²) in [6.45, 7) is 1.65. The maximum Gasteiger partial charge on any atom is 0.255 e. The number of hydrogen-bond donors (Lipinski definition) is 1. The molecule has 0 spiro atoms. The lowest BCUT2D eigenvalue weighted by molar-refractivity contribution is 0.102. The van der Waals surface area contributed by atoms with Gasteiger partial charge in [-0.25, -0.2) is 4.39 Å². The third-order valence-electron chi connectivity index (χ3n) is 2.79. The van der Waals surface area contributed by atoms with Gasteiger partial charge in [0.05, 0.1) is 12.8 Å². The van der Waals surface area contributed by atoms with E-state index in [-0.39, 0.29) is 11.6 Å². The Bertz CT molecular complexity index is 594. The summed E-state index contributed by atoms with van der Waals surface area (Å²) in [4.78, 5) is 12.0. The second kappa shape index (κ2) is 5.52. The second-order valence-electron chi connectivity index (χ2n) is 4.12. The fraction of sp³-hybridized carbons (Fsp3) is 0.133. The zero-order valence-electron chi connectivity index (χ0n) is 10.7. The highest BCUT2D eigenvalue weighted by atomic mass is 19.1. The van der Waals surface area contributed by atoms with Crippen LogP contribution < -0.4 is 10.1 Å². The van der Waals surface area contributed by atoms with Crippen LogP contribution in [0.2, 0.25) is 0 Å². The molecule has 19 heavy (non-hydrogen) atoms. The number of hydrogen-bond acceptors (Lipinski definition) is 2. The molecule has 0 radical (unpaired) electrons. The monoisotopic (exact) mass is 259 g/mol. The first-order valence-electron chi connectivity index (χ1n) is 5.82. The fourth-order valence-electron chi connectivity index (χ4n) is 1.68. The first kappa shape index (κ1) is 13.1. The summed E-state index contributed by atoms with van der Waals surface area (Å²) in [5.41, 5.74) is 1.12. The van der Waals surface area contributed by atoms with E-state index in [1.807, 2.05) is 0 Å². The van der Waals surface area contributed by atoms with Crippen molar-refractivity contribution in [1.82, 2.24) is 0 Å². The Morgan fingerprint density at radius 1 is 1.16 bits per heavy atom. The van der Waals surface area contributed by atoms with Gasteiger partial charge in [0.2, 0.25) is 0 Å². The number of rotatable bonds is 3. The molecule has 0 unspecified atom stereocenters. The molecule has 0 fully saturated rings. The van der Waals surface area contributed by atoms with Gasteiger partial charge in [-0.2, -0.15) is 0 Å². The molecule has 0 aliphatic carbocycles. The van der Waals surface area contributed by atoms with Gasteiger partial charge in [-0.15, -0.1) is 0 Å². The Labute approximate surface area is 111 Å². The molecule has 1 amide bonds. The number of anilines is 1. The highest BCUT2D eigenvalue weighted by molar-refractivity contribution is 6.04. The van der Waals surface area contributed by atoms with E-state index in [9.17, 15) is 9.18 Å². The molecule has 2 aromatic rings. The van der Waals surface area contributed by atoms with E-state index in [4.69, 9.17) is 4.74 Å². The molecule has 98 valence electrons. The Kier molecular flexibility index (Phi) is 3.80. The minimum Gasteiger partial charge on any atom is -0.497 e. The SMILES string of the molecule is COc1ccc(C(=O)Nc2cccc(C)c2F)cc1. The average molecular weight is 259 g/mol. The van der Waals surface area contributed by atoms with Gasteiger partial charge in [0, 0.05) is 5.56 Å². The van der Waals surface area contributed by atoms with Crippen molar-refractivity contribution in [2.75, 3.05) is 12.4 Å². The zero-order valence-corrected chi connectivity index (χ0v) is 10.7. The molecule has 0 aliphatic rings. The van der Waals surface area contributed by atoms with Crippen LogP contribution in [-0.4, -0.2) is 13.0 Å². The molecule has 0 atom stereocenters. The van der Waals surface area contributed by atoms with Crippen LogP contribution in [0.1, 0.15) is 15.9 Å². The van der Waals surface area contributed by atoms with Gasteiger partial charge in [0.1, 0.15) is 11.6 Å². The number of carbonyl (C=O) groups is 1. The first-order chi connectivity index (χ1) is 9.11. The van der Waals surface area contributed by atoms with Crippen molar-refractivity contribution in [1.29, 1.82) is 0 Å². The van der Waals surface area contributed by atoms with Crippen LogP contribution in [0.4, 0.5) is 10.1 Å². The summed E-state index contributed by atoms with van der Waals surface area (Å²) < 4.78 is 18.8. The van der Waals surface area contributed by atoms with Crippen molar-refractivity contribution in [2.24, 2.45) is 0 Å². The van der Waals surface area contributed by atoms with E-state index in [2.05, 4.69) is 5.32 Å². The predicted octanol–water partition coefficient (Wildman–Crippen LogP) is 3.40. The third kappa shape index (κ3) is 2.91. The molecule has 0 aromatic heterocycles. The Balaban J connectivity index is 2.18. The number of methoxy groups -OCH3 is 1. The fourth-order valence-corrected chi connectivity index (χ4v) is 1.68. The zero-order chi connectivity index (χ0) is 13.8. The lowest BCUT2D eigenvalue weighted by Gasteiger charge is -2.08. The van der Waals surface area contributed by atoms with Gasteiger partial charge in [-0.1, -0.05) is 12.1 Å². The van der Waals surface area contributed by atoms with E-state index in [0.29, 0.717) is 16.9 Å². The third-order valence-corrected chi connectivity index (χ3v) is 2.79. The quantitative estimate of drug-likeness (QED) is 0.917. The number of amides is 1. The molecule has 0 heterocycles. The lowest BCUT2D eigenvalue weighted by Crippen LogP contribution is -2.13. The van der Waals surface area contributed by atoms with Crippen LogP contribution in [0.15, 0.2) is 42.5 Å². The Morgan fingerprint density at radius 3 is 2.47 bits per heavy atom. The average Bonchev–Trinajstić information content (AvgIpc) is 2.44. The smallest absolute Gasteiger partial charge is 0.255 e. The van der Waals surface area contributed by atoms with Gasteiger partial charge in [0.15, 0.2) is 0 Å². The van der Waals surface area contributed by atoms with Crippen LogP contribution in [-0.2, 0) is 0 Å². The summed E-state index contributed by atoms with van der Waals surface area (Å²) in [5.74, 6) is -0.102. The Hall–Kier alpha value is -2.36. The summed E-state index contributed by atoms with van der Waals surface area (Å²) in [6.07, 6.45) is 0. The first-order valence-corrected chi connectivity index (χ1v) is 5.82. The van der Waals surface area contributed by atoms with Crippen molar-refractivity contribution < 1.29 is 13.9 Å². The van der Waals surface area contributed by atoms with E-state index in [1.54, 1.807) is 50.4 Å². The van der Waals surface area contributed by atoms with Crippen LogP contribution in [0.3, 0.4) is 0 Å². The summed E-state index contributed by atoms with van der Waals surface area (Å²) in [5, 5.41) is 2.55. The van der Waals surface area contributed by atoms with E-state index in [0.717, 1.165) is 0 Å². The minimum atomic E-state index is -0.413. The molecule has 3 nitrogen and oxygen atoms in total. The maximum atomic E-state index is 13.8. The van der Waals surface area contributed by atoms with Crippen LogP contribution in [0, 0.1) is 12.7 Å². The summed E-state index contributed by atoms with van der Waals surface area (Å²) in [6, 6.07) is 11.5. The molecule has 2 aromatic carbocycles. The van der Waals surface area contributed by atoms with Gasteiger partial charge >= 0.3 is 0 Å². The van der Waals surface area contributed by atoms with Crippen LogP contribution in [0.5, 0.6) is 5.75 Å². The number of benzene rings is 2. The molecule has 2 rings (SSSR count). The van der Waals surface area contributed by atoms with E-state index in [1.165, 1.54) is 6.07 Å². The topological polar surface area (TPSA) is 38.3 Å². The normalized spacial score (nSPS) is 10.1. The maximum absolute atomic E-state index is 13.8. The molecule has 0 saturated carbocycles. The molecule has 0 aliphatic heterocycles. The van der Waals surface area contributed by atoms with E-state index >= 15 is 0 Å². The van der Waals surface area contributed by atoms with Crippen molar-refractivity contribution >= 4 is 11.6 Å². The number of ether oxygens (including phenoxy) is 1. The number of halogens is 1. The number of nitrogens with one attached hydrogen (secondary N) is 1. The Morgan fingerprint density at radius 2 is 1.84 bits per heavy atom. The highest BCUT2D eigenvalue weighted by Gasteiger charge is 2.10. The van der Waals surface area contributed by atoms with Crippen molar-refractivity contribution in [3.63, 3.8) is 0 Å². The van der Waals surface area contributed by atoms with Gasteiger partial charge in [0.25, 0.3) is 5.91 Å². The highest BCUT2D eigenvalue weighted by Crippen LogP contribution is 2.18. The van der Waals surface area contributed by atoms with Gasteiger partial charge < -0.3 is 10.1 Å². The second-order valence-corrected chi connectivity index (χ2v) is 4.12. The summed E-state index contributed by atoms with van der Waals surface area (Å²) in [7, 11) is 1.55. The molecule has 1 N–H and O–H groups in total. The molecule has 4 heteroatoms. The van der Waals surface area contributed by atoms with Gasteiger partial charge in [-0.05, 0) is 42.8 Å². The summed E-state index contributed by atoms with van der Waals surface area (Å²) >= 11 is 0. The lowest BCUT2D eigenvalue weighted by atomic mass is 10.1. The number of aryl methyl sites for hydroxylation is 1. The van der Waals surface area contributed by atoms with Gasteiger partial charge in [-0.3, -0.25) is 4.79 Å². The predicted molar refractivity (Wildman–Crippen MR) is 72.1 cm³/mol. The van der Waals surface area contributed by atoms with Crippen LogP contribution in [0.25, 0.3) is 0 Å². The van der Waals surface area contributed by atoms with Crippen LogP contribution >= 0.6 is 0 Å². The standard InChI is InChI=1S/C15H14FNO2/c1-10-4-3-5-13(14(10)16)17-15(18)11-6-8-12(19-2)9-7-11/h3-9H,1-2H3,(H,17,18). The van der Waals surface area contributed by atoms with Crippen molar-refractivity contribution in [2.45, 2.75) is 6.92 Å². The largest absolute Gasteiger partial charge is 0.497 e. The van der Waals surface area contributed by atoms with E-state index < -0.39 is 5.82 Å². The number of carbonyl (C=O) groups excluding carboxylic acids is 1.